The van der Waals surface area contributed by atoms with E-state index in [1.807, 2.05) is 17.0 Å². The molecular weight excluding hydrogens is 512 g/mol. The van der Waals surface area contributed by atoms with Gasteiger partial charge in [0, 0.05) is 43.7 Å². The molecule has 1 amide bonds. The Kier molecular flexibility index (Phi) is 6.13. The molecule has 0 N–H and O–H groups in total. The molecule has 0 radical (unpaired) electrons. The molecule has 1 saturated carbocycles. The molecule has 2 aromatic carbocycles. The molecular formula is C30H34N4O4S. The van der Waals surface area contributed by atoms with Gasteiger partial charge in [-0.3, -0.25) is 14.7 Å². The van der Waals surface area contributed by atoms with Crippen molar-refractivity contribution in [3.8, 4) is 11.1 Å². The van der Waals surface area contributed by atoms with Crippen LogP contribution in [-0.4, -0.2) is 71.9 Å². The van der Waals surface area contributed by atoms with Crippen LogP contribution in [0.25, 0.3) is 22.1 Å². The Bertz CT molecular complexity index is 1530. The van der Waals surface area contributed by atoms with Crippen LogP contribution in [0.3, 0.4) is 0 Å². The molecule has 4 heterocycles. The second kappa shape index (κ2) is 9.57. The predicted octanol–water partition coefficient (Wildman–Crippen LogP) is 4.66. The van der Waals surface area contributed by atoms with Crippen molar-refractivity contribution in [1.82, 2.24) is 13.5 Å². The fourth-order valence-electron chi connectivity index (χ4n) is 6.79. The molecule has 3 fully saturated rings. The first-order valence-corrected chi connectivity index (χ1v) is 15.6. The molecule has 204 valence electrons. The summed E-state index contributed by atoms with van der Waals surface area (Å²) in [5, 5.41) is 1.06. The van der Waals surface area contributed by atoms with Gasteiger partial charge in [-0.2, -0.15) is 17.0 Å². The highest BCUT2D eigenvalue weighted by Gasteiger charge is 2.50. The topological polar surface area (TPSA) is 86.4 Å². The second-order valence-electron chi connectivity index (χ2n) is 11.5. The Morgan fingerprint density at radius 1 is 0.872 bits per heavy atom. The maximum absolute atomic E-state index is 13.8. The summed E-state index contributed by atoms with van der Waals surface area (Å²) in [6.07, 6.45) is 7.91. The molecule has 1 aromatic heterocycles. The Hall–Kier alpha value is -3.01. The molecule has 1 spiro atoms. The molecule has 3 aromatic rings. The van der Waals surface area contributed by atoms with Crippen molar-refractivity contribution in [3.63, 3.8) is 0 Å². The average molecular weight is 547 g/mol. The number of hydrogen-bond donors (Lipinski definition) is 0. The molecule has 3 aliphatic heterocycles. The summed E-state index contributed by atoms with van der Waals surface area (Å²) in [5.74, 6) is 0.916. The molecule has 1 atom stereocenters. The van der Waals surface area contributed by atoms with Crippen LogP contribution < -0.4 is 0 Å². The van der Waals surface area contributed by atoms with Gasteiger partial charge in [-0.05, 0) is 67.3 Å². The minimum absolute atomic E-state index is 0.0883. The number of carbonyl (C=O) groups is 1. The number of rotatable bonds is 6. The van der Waals surface area contributed by atoms with Crippen LogP contribution in [0.1, 0.15) is 50.5 Å². The van der Waals surface area contributed by atoms with Gasteiger partial charge in [0.25, 0.3) is 16.1 Å². The van der Waals surface area contributed by atoms with E-state index in [1.165, 1.54) is 0 Å². The standard InChI is InChI=1S/C30H34N4O4S/c35-29-30(13-1-2-14-30)31-28(24-7-5-23(6-8-24)25-9-10-27-26(19-25)12-18-38-27)34(29)21-22-11-17-33(20-22)39(36,37)32-15-3-4-16-32/h5-10,12,18-19,22H,1-4,11,13-17,20-21H2/t22-/m1/s1. The highest BCUT2D eigenvalue weighted by molar-refractivity contribution is 7.86. The molecule has 9 heteroatoms. The smallest absolute Gasteiger partial charge is 0.281 e. The number of fused-ring (bicyclic) bond motifs is 1. The number of hydrogen-bond acceptors (Lipinski definition) is 5. The number of amides is 1. The Labute approximate surface area is 229 Å². The fourth-order valence-corrected chi connectivity index (χ4v) is 8.57. The molecule has 7 rings (SSSR count). The highest BCUT2D eigenvalue weighted by atomic mass is 32.2. The van der Waals surface area contributed by atoms with Gasteiger partial charge in [0.05, 0.1) is 6.26 Å². The second-order valence-corrected chi connectivity index (χ2v) is 13.4. The minimum atomic E-state index is -3.42. The molecule has 0 unspecified atom stereocenters. The third-order valence-electron chi connectivity index (χ3n) is 8.99. The summed E-state index contributed by atoms with van der Waals surface area (Å²) in [6, 6.07) is 16.4. The summed E-state index contributed by atoms with van der Waals surface area (Å²) in [5.41, 5.74) is 3.34. The van der Waals surface area contributed by atoms with Crippen LogP contribution in [0.15, 0.2) is 64.2 Å². The lowest BCUT2D eigenvalue weighted by molar-refractivity contribution is -0.131. The lowest BCUT2D eigenvalue weighted by Crippen LogP contribution is -2.45. The Morgan fingerprint density at radius 2 is 1.59 bits per heavy atom. The van der Waals surface area contributed by atoms with Crippen LogP contribution >= 0.6 is 0 Å². The quantitative estimate of drug-likeness (QED) is 0.450. The molecule has 8 nitrogen and oxygen atoms in total. The minimum Gasteiger partial charge on any atom is -0.464 e. The molecule has 2 saturated heterocycles. The number of amidine groups is 1. The van der Waals surface area contributed by atoms with E-state index in [1.54, 1.807) is 14.9 Å². The monoisotopic (exact) mass is 546 g/mol. The maximum Gasteiger partial charge on any atom is 0.281 e. The van der Waals surface area contributed by atoms with Crippen molar-refractivity contribution < 1.29 is 17.6 Å². The van der Waals surface area contributed by atoms with Crippen molar-refractivity contribution in [2.24, 2.45) is 10.9 Å². The third kappa shape index (κ3) is 4.31. The van der Waals surface area contributed by atoms with Crippen molar-refractivity contribution in [3.05, 3.63) is 60.4 Å². The van der Waals surface area contributed by atoms with E-state index >= 15 is 0 Å². The number of nitrogens with zero attached hydrogens (tertiary/aromatic N) is 4. The number of aliphatic imine (C=N–C) groups is 1. The fraction of sp³-hybridized carbons (Fsp3) is 0.467. The predicted molar refractivity (Wildman–Crippen MR) is 151 cm³/mol. The van der Waals surface area contributed by atoms with Crippen LogP contribution in [0.5, 0.6) is 0 Å². The van der Waals surface area contributed by atoms with E-state index < -0.39 is 15.7 Å². The van der Waals surface area contributed by atoms with Crippen LogP contribution in [0, 0.1) is 5.92 Å². The van der Waals surface area contributed by atoms with E-state index in [2.05, 4.69) is 36.4 Å². The van der Waals surface area contributed by atoms with Gasteiger partial charge in [-0.25, -0.2) is 0 Å². The van der Waals surface area contributed by atoms with Crippen LogP contribution in [0.4, 0.5) is 0 Å². The van der Waals surface area contributed by atoms with Crippen LogP contribution in [-0.2, 0) is 15.0 Å². The van der Waals surface area contributed by atoms with E-state index in [4.69, 9.17) is 9.41 Å². The van der Waals surface area contributed by atoms with E-state index in [0.717, 1.165) is 78.4 Å². The first kappa shape index (κ1) is 25.0. The maximum atomic E-state index is 13.8. The van der Waals surface area contributed by atoms with Gasteiger partial charge in [0.2, 0.25) is 0 Å². The van der Waals surface area contributed by atoms with Gasteiger partial charge in [0.1, 0.15) is 17.0 Å². The summed E-state index contributed by atoms with van der Waals surface area (Å²) >= 11 is 0. The first-order chi connectivity index (χ1) is 18.9. The lowest BCUT2D eigenvalue weighted by atomic mass is 9.97. The SMILES string of the molecule is O=C1N(C[C@@H]2CCN(S(=O)(=O)N3CCCC3)C2)C(c2ccc(-c3ccc4occc4c3)cc2)=NC12CCCC2. The number of benzene rings is 2. The molecule has 39 heavy (non-hydrogen) atoms. The summed E-state index contributed by atoms with van der Waals surface area (Å²) < 4.78 is 35.0. The zero-order valence-corrected chi connectivity index (χ0v) is 22.9. The number of furan rings is 1. The largest absolute Gasteiger partial charge is 0.464 e. The van der Waals surface area contributed by atoms with Gasteiger partial charge < -0.3 is 4.42 Å². The van der Waals surface area contributed by atoms with Gasteiger partial charge in [-0.15, -0.1) is 0 Å². The first-order valence-electron chi connectivity index (χ1n) is 14.2. The highest BCUT2D eigenvalue weighted by Crippen LogP contribution is 2.41. The van der Waals surface area contributed by atoms with E-state index in [0.29, 0.717) is 32.7 Å². The van der Waals surface area contributed by atoms with Crippen molar-refractivity contribution >= 4 is 32.9 Å². The Balaban J connectivity index is 1.13. The lowest BCUT2D eigenvalue weighted by Gasteiger charge is -2.26. The van der Waals surface area contributed by atoms with Crippen molar-refractivity contribution in [2.45, 2.75) is 50.5 Å². The molecule has 1 aliphatic carbocycles. The summed E-state index contributed by atoms with van der Waals surface area (Å²) in [4.78, 5) is 20.8. The van der Waals surface area contributed by atoms with Gasteiger partial charge >= 0.3 is 0 Å². The van der Waals surface area contributed by atoms with Crippen molar-refractivity contribution in [2.75, 3.05) is 32.7 Å². The van der Waals surface area contributed by atoms with E-state index in [9.17, 15) is 13.2 Å². The zero-order chi connectivity index (χ0) is 26.6. The Morgan fingerprint density at radius 3 is 2.36 bits per heavy atom. The van der Waals surface area contributed by atoms with Gasteiger partial charge in [-0.1, -0.05) is 43.2 Å². The summed E-state index contributed by atoms with van der Waals surface area (Å²) in [7, 11) is -3.42. The molecule has 4 aliphatic rings. The van der Waals surface area contributed by atoms with Crippen molar-refractivity contribution in [1.29, 1.82) is 0 Å². The average Bonchev–Trinajstić information content (AvgIpc) is 3.78. The van der Waals surface area contributed by atoms with Gasteiger partial charge in [0.15, 0.2) is 0 Å². The molecule has 0 bridgehead atoms. The summed E-state index contributed by atoms with van der Waals surface area (Å²) in [6.45, 7) is 2.69. The van der Waals surface area contributed by atoms with E-state index in [-0.39, 0.29) is 11.8 Å². The zero-order valence-electron chi connectivity index (χ0n) is 22.1. The van der Waals surface area contributed by atoms with Crippen LogP contribution in [0.2, 0.25) is 0 Å². The third-order valence-corrected chi connectivity index (χ3v) is 11.0. The normalized spacial score (nSPS) is 24.0. The number of carbonyl (C=O) groups excluding carboxylic acids is 1.